The van der Waals surface area contributed by atoms with Crippen LogP contribution in [0.2, 0.25) is 0 Å². The number of aromatic nitrogens is 2. The predicted octanol–water partition coefficient (Wildman–Crippen LogP) is 0.633. The largest absolute Gasteiger partial charge is 0.357 e. The molecular weight excluding hydrogens is 396 g/mol. The van der Waals surface area contributed by atoms with Crippen molar-refractivity contribution in [2.24, 2.45) is 0 Å². The van der Waals surface area contributed by atoms with Gasteiger partial charge in [0.25, 0.3) is 10.0 Å². The van der Waals surface area contributed by atoms with Gasteiger partial charge in [-0.1, -0.05) is 0 Å². The summed E-state index contributed by atoms with van der Waals surface area (Å²) >= 11 is 5.32. The van der Waals surface area contributed by atoms with Gasteiger partial charge in [0.1, 0.15) is 0 Å². The van der Waals surface area contributed by atoms with E-state index < -0.39 is 10.0 Å². The van der Waals surface area contributed by atoms with Gasteiger partial charge >= 0.3 is 0 Å². The van der Waals surface area contributed by atoms with Crippen LogP contribution >= 0.6 is 12.2 Å². The molecule has 1 saturated heterocycles. The van der Waals surface area contributed by atoms with E-state index in [9.17, 15) is 8.42 Å². The zero-order chi connectivity index (χ0) is 19.8. The highest BCUT2D eigenvalue weighted by molar-refractivity contribution is 7.92. The summed E-state index contributed by atoms with van der Waals surface area (Å²) in [5.74, 6) is 0.0333. The van der Waals surface area contributed by atoms with Crippen LogP contribution < -0.4 is 20.3 Å². The summed E-state index contributed by atoms with van der Waals surface area (Å²) in [6.45, 7) is 4.33. The summed E-state index contributed by atoms with van der Waals surface area (Å²) in [5.41, 5.74) is 0.720. The monoisotopic (exact) mass is 421 g/mol. The zero-order valence-electron chi connectivity index (χ0n) is 15.5. The standard InChI is InChI=1S/C18H24N6O2S2/c25-28(26,23-17-19-9-4-10-20-17)16-7-5-15(6-8-16)22-18(27)21-11-14-24-12-2-1-3-13-24/h4-10H,1-3,11-14H2,(H,19,20,23)(H2,21,22,27)/p+1. The lowest BCUT2D eigenvalue weighted by Crippen LogP contribution is -3.13. The minimum Gasteiger partial charge on any atom is -0.357 e. The molecule has 150 valence electrons. The van der Waals surface area contributed by atoms with Crippen LogP contribution in [0.5, 0.6) is 0 Å². The highest BCUT2D eigenvalue weighted by Crippen LogP contribution is 2.16. The van der Waals surface area contributed by atoms with E-state index in [1.807, 2.05) is 0 Å². The average molecular weight is 422 g/mol. The van der Waals surface area contributed by atoms with Crippen LogP contribution in [-0.2, 0) is 10.0 Å². The number of nitrogens with one attached hydrogen (secondary N) is 4. The number of rotatable bonds is 7. The van der Waals surface area contributed by atoms with Crippen molar-refractivity contribution in [1.82, 2.24) is 15.3 Å². The smallest absolute Gasteiger partial charge is 0.264 e. The van der Waals surface area contributed by atoms with Gasteiger partial charge in [0.15, 0.2) is 5.11 Å². The summed E-state index contributed by atoms with van der Waals surface area (Å²) in [6.07, 6.45) is 6.89. The van der Waals surface area contributed by atoms with Crippen molar-refractivity contribution >= 4 is 39.0 Å². The average Bonchev–Trinajstić information content (AvgIpc) is 2.70. The zero-order valence-corrected chi connectivity index (χ0v) is 17.2. The van der Waals surface area contributed by atoms with Gasteiger partial charge in [-0.15, -0.1) is 0 Å². The van der Waals surface area contributed by atoms with Gasteiger partial charge in [0.2, 0.25) is 5.95 Å². The number of likely N-dealkylation sites (tertiary alicyclic amines) is 1. The Kier molecular flexibility index (Phi) is 7.12. The van der Waals surface area contributed by atoms with Crippen LogP contribution in [0.15, 0.2) is 47.6 Å². The molecule has 0 radical (unpaired) electrons. The molecule has 0 aliphatic carbocycles. The van der Waals surface area contributed by atoms with E-state index >= 15 is 0 Å². The Labute approximate surface area is 170 Å². The summed E-state index contributed by atoms with van der Waals surface area (Å²) in [4.78, 5) is 9.48. The summed E-state index contributed by atoms with van der Waals surface area (Å²) in [7, 11) is -3.74. The molecule has 2 heterocycles. The van der Waals surface area contributed by atoms with Crippen molar-refractivity contribution in [3.63, 3.8) is 0 Å². The summed E-state index contributed by atoms with van der Waals surface area (Å²) in [6, 6.07) is 7.97. The molecule has 8 nitrogen and oxygen atoms in total. The van der Waals surface area contributed by atoms with Gasteiger partial charge < -0.3 is 15.5 Å². The molecule has 28 heavy (non-hydrogen) atoms. The van der Waals surface area contributed by atoms with Crippen molar-refractivity contribution in [2.75, 3.05) is 36.2 Å². The molecule has 1 aliphatic heterocycles. The van der Waals surface area contributed by atoms with E-state index in [0.29, 0.717) is 5.11 Å². The number of anilines is 2. The minimum absolute atomic E-state index is 0.0333. The lowest BCUT2D eigenvalue weighted by molar-refractivity contribution is -0.903. The Morgan fingerprint density at radius 3 is 2.43 bits per heavy atom. The van der Waals surface area contributed by atoms with E-state index in [-0.39, 0.29) is 10.8 Å². The number of hydrogen-bond donors (Lipinski definition) is 4. The number of hydrogen-bond acceptors (Lipinski definition) is 5. The molecule has 1 aromatic carbocycles. The Balaban J connectivity index is 1.48. The normalized spacial score (nSPS) is 15.0. The predicted molar refractivity (Wildman–Crippen MR) is 113 cm³/mol. The van der Waals surface area contributed by atoms with Gasteiger partial charge in [-0.05, 0) is 61.8 Å². The number of thiocarbonyl (C=S) groups is 1. The first-order valence-electron chi connectivity index (χ1n) is 9.31. The second kappa shape index (κ2) is 9.76. The third kappa shape index (κ3) is 6.11. The number of quaternary nitrogens is 1. The molecular formula is C18H25N6O2S2+. The Hall–Kier alpha value is -2.30. The Morgan fingerprint density at radius 2 is 1.75 bits per heavy atom. The first-order chi connectivity index (χ1) is 13.5. The van der Waals surface area contributed by atoms with E-state index in [0.717, 1.165) is 18.8 Å². The van der Waals surface area contributed by atoms with Crippen LogP contribution in [0.1, 0.15) is 19.3 Å². The van der Waals surface area contributed by atoms with E-state index in [4.69, 9.17) is 12.2 Å². The number of benzene rings is 1. The van der Waals surface area contributed by atoms with Crippen LogP contribution in [0.4, 0.5) is 11.6 Å². The molecule has 0 unspecified atom stereocenters. The second-order valence-corrected chi connectivity index (χ2v) is 8.73. The van der Waals surface area contributed by atoms with Gasteiger partial charge in [-0.3, -0.25) is 0 Å². The molecule has 0 atom stereocenters. The fraction of sp³-hybridized carbons (Fsp3) is 0.389. The summed E-state index contributed by atoms with van der Waals surface area (Å²) in [5, 5.41) is 6.82. The van der Waals surface area contributed by atoms with Gasteiger partial charge in [0.05, 0.1) is 31.1 Å². The molecule has 3 rings (SSSR count). The quantitative estimate of drug-likeness (QED) is 0.487. The maximum Gasteiger partial charge on any atom is 0.264 e. The van der Waals surface area contributed by atoms with Crippen molar-refractivity contribution < 1.29 is 13.3 Å². The van der Waals surface area contributed by atoms with Crippen molar-refractivity contribution in [3.05, 3.63) is 42.7 Å². The van der Waals surface area contributed by atoms with E-state index in [1.54, 1.807) is 23.1 Å². The first-order valence-corrected chi connectivity index (χ1v) is 11.2. The molecule has 1 aromatic heterocycles. The fourth-order valence-electron chi connectivity index (χ4n) is 3.08. The SMILES string of the molecule is O=S(=O)(Nc1ncccn1)c1ccc(NC(=S)NCC[NH+]2CCCCC2)cc1. The lowest BCUT2D eigenvalue weighted by atomic mass is 10.1. The van der Waals surface area contributed by atoms with Crippen LogP contribution in [-0.4, -0.2) is 49.7 Å². The molecule has 1 aliphatic rings. The van der Waals surface area contributed by atoms with Crippen molar-refractivity contribution in [2.45, 2.75) is 24.2 Å². The number of nitrogens with zero attached hydrogens (tertiary/aromatic N) is 2. The van der Waals surface area contributed by atoms with Gasteiger partial charge in [-0.2, -0.15) is 0 Å². The van der Waals surface area contributed by atoms with E-state index in [1.165, 1.54) is 56.9 Å². The fourth-order valence-corrected chi connectivity index (χ4v) is 4.26. The Bertz CT molecular complexity index is 869. The molecule has 0 amide bonds. The molecule has 1 fully saturated rings. The summed E-state index contributed by atoms with van der Waals surface area (Å²) < 4.78 is 27.1. The lowest BCUT2D eigenvalue weighted by Gasteiger charge is -2.23. The van der Waals surface area contributed by atoms with Crippen LogP contribution in [0.3, 0.4) is 0 Å². The molecule has 10 heteroatoms. The maximum atomic E-state index is 12.4. The first kappa shape index (κ1) is 20.4. The molecule has 2 aromatic rings. The number of sulfonamides is 1. The molecule has 4 N–H and O–H groups in total. The third-order valence-corrected chi connectivity index (χ3v) is 6.13. The van der Waals surface area contributed by atoms with Crippen molar-refractivity contribution in [3.8, 4) is 0 Å². The minimum atomic E-state index is -3.74. The Morgan fingerprint density at radius 1 is 1.07 bits per heavy atom. The topological polar surface area (TPSA) is 100 Å². The van der Waals surface area contributed by atoms with Gasteiger partial charge in [0, 0.05) is 18.1 Å². The number of piperidine rings is 1. The van der Waals surface area contributed by atoms with Gasteiger partial charge in [-0.25, -0.2) is 23.1 Å². The molecule has 0 spiro atoms. The molecule has 0 bridgehead atoms. The highest BCUT2D eigenvalue weighted by Gasteiger charge is 2.15. The van der Waals surface area contributed by atoms with E-state index in [2.05, 4.69) is 25.3 Å². The van der Waals surface area contributed by atoms with Crippen LogP contribution in [0, 0.1) is 0 Å². The third-order valence-electron chi connectivity index (χ3n) is 4.54. The molecule has 0 saturated carbocycles. The van der Waals surface area contributed by atoms with Crippen molar-refractivity contribution in [1.29, 1.82) is 0 Å². The van der Waals surface area contributed by atoms with Crippen LogP contribution in [0.25, 0.3) is 0 Å². The maximum absolute atomic E-state index is 12.4. The second-order valence-electron chi connectivity index (χ2n) is 6.64. The highest BCUT2D eigenvalue weighted by atomic mass is 32.2.